The van der Waals surface area contributed by atoms with Crippen LogP contribution in [0.15, 0.2) is 33.8 Å². The van der Waals surface area contributed by atoms with E-state index in [1.807, 2.05) is 6.92 Å². The largest absolute Gasteiger partial charge is 0.359 e. The number of nitrogens with zero attached hydrogens (tertiary/aromatic N) is 3. The molecule has 21 heavy (non-hydrogen) atoms. The van der Waals surface area contributed by atoms with E-state index in [2.05, 4.69) is 10.1 Å². The van der Waals surface area contributed by atoms with E-state index in [0.29, 0.717) is 18.7 Å². The molecule has 112 valence electrons. The molecule has 6 nitrogen and oxygen atoms in total. The molecule has 1 fully saturated rings. The van der Waals surface area contributed by atoms with Gasteiger partial charge in [0.1, 0.15) is 5.15 Å². The first-order chi connectivity index (χ1) is 9.98. The fraction of sp³-hybridized carbons (Fsp3) is 0.385. The molecule has 2 aromatic heterocycles. The summed E-state index contributed by atoms with van der Waals surface area (Å²) in [7, 11) is -3.63. The summed E-state index contributed by atoms with van der Waals surface area (Å²) in [6, 6.07) is 4.26. The monoisotopic (exact) mass is 327 g/mol. The van der Waals surface area contributed by atoms with Gasteiger partial charge in [-0.25, -0.2) is 13.4 Å². The Labute approximate surface area is 127 Å². The second-order valence-electron chi connectivity index (χ2n) is 4.96. The van der Waals surface area contributed by atoms with Gasteiger partial charge in [0.25, 0.3) is 0 Å². The molecule has 0 bridgehead atoms. The van der Waals surface area contributed by atoms with E-state index in [4.69, 9.17) is 16.1 Å². The Morgan fingerprint density at radius 2 is 2.24 bits per heavy atom. The standard InChI is InChI=1S/C13H14ClN3O3S/c1-9-7-12(20-16-9)11-3-2-6-17(11)21(18,19)10-4-5-15-13(14)8-10/h4-5,7-8,11H,2-3,6H2,1H3. The first-order valence-corrected chi connectivity index (χ1v) is 8.37. The first kappa shape index (κ1) is 14.5. The molecule has 0 saturated carbocycles. The van der Waals surface area contributed by atoms with Crippen molar-refractivity contribution in [2.24, 2.45) is 0 Å². The number of aromatic nitrogens is 2. The Morgan fingerprint density at radius 3 is 2.90 bits per heavy atom. The molecule has 8 heteroatoms. The number of sulfonamides is 1. The van der Waals surface area contributed by atoms with E-state index >= 15 is 0 Å². The number of pyridine rings is 1. The maximum Gasteiger partial charge on any atom is 0.243 e. The van der Waals surface area contributed by atoms with Crippen molar-refractivity contribution in [1.82, 2.24) is 14.4 Å². The number of aryl methyl sites for hydroxylation is 1. The Morgan fingerprint density at radius 1 is 1.43 bits per heavy atom. The van der Waals surface area contributed by atoms with E-state index in [1.54, 1.807) is 6.07 Å². The van der Waals surface area contributed by atoms with Gasteiger partial charge in [-0.3, -0.25) is 0 Å². The van der Waals surface area contributed by atoms with Crippen molar-refractivity contribution in [3.8, 4) is 0 Å². The van der Waals surface area contributed by atoms with Crippen LogP contribution in [0.4, 0.5) is 0 Å². The van der Waals surface area contributed by atoms with Gasteiger partial charge in [-0.2, -0.15) is 4.31 Å². The average molecular weight is 328 g/mol. The molecule has 0 aromatic carbocycles. The van der Waals surface area contributed by atoms with E-state index in [1.165, 1.54) is 22.6 Å². The SMILES string of the molecule is Cc1cc(C2CCCN2S(=O)(=O)c2ccnc(Cl)c2)on1. The normalized spacial score (nSPS) is 20.0. The highest BCUT2D eigenvalue weighted by atomic mass is 35.5. The summed E-state index contributed by atoms with van der Waals surface area (Å²) in [4.78, 5) is 3.96. The number of hydrogen-bond acceptors (Lipinski definition) is 5. The quantitative estimate of drug-likeness (QED) is 0.810. The minimum absolute atomic E-state index is 0.144. The van der Waals surface area contributed by atoms with Crippen LogP contribution < -0.4 is 0 Å². The van der Waals surface area contributed by atoms with Crippen LogP contribution in [0.1, 0.15) is 30.3 Å². The second-order valence-corrected chi connectivity index (χ2v) is 7.24. The maximum absolute atomic E-state index is 12.8. The predicted molar refractivity (Wildman–Crippen MR) is 76.4 cm³/mol. The highest BCUT2D eigenvalue weighted by Gasteiger charge is 2.38. The van der Waals surface area contributed by atoms with Gasteiger partial charge >= 0.3 is 0 Å². The summed E-state index contributed by atoms with van der Waals surface area (Å²) in [6.45, 7) is 2.26. The molecular formula is C13H14ClN3O3S. The Bertz CT molecular complexity index is 760. The predicted octanol–water partition coefficient (Wildman–Crippen LogP) is 2.56. The highest BCUT2D eigenvalue weighted by Crippen LogP contribution is 2.36. The molecule has 3 heterocycles. The Balaban J connectivity index is 1.98. The van der Waals surface area contributed by atoms with Crippen LogP contribution in [0, 0.1) is 6.92 Å². The Hall–Kier alpha value is -1.44. The first-order valence-electron chi connectivity index (χ1n) is 6.55. The van der Waals surface area contributed by atoms with Crippen LogP contribution in [0.3, 0.4) is 0 Å². The summed E-state index contributed by atoms with van der Waals surface area (Å²) in [5.41, 5.74) is 0.737. The van der Waals surface area contributed by atoms with Crippen LogP contribution in [0.25, 0.3) is 0 Å². The molecule has 0 N–H and O–H groups in total. The van der Waals surface area contributed by atoms with E-state index in [9.17, 15) is 8.42 Å². The lowest BCUT2D eigenvalue weighted by molar-refractivity contribution is 0.297. The molecule has 2 aromatic rings. The van der Waals surface area contributed by atoms with Crippen molar-refractivity contribution < 1.29 is 12.9 Å². The number of rotatable bonds is 3. The minimum atomic E-state index is -3.63. The smallest absolute Gasteiger partial charge is 0.243 e. The van der Waals surface area contributed by atoms with Gasteiger partial charge in [0.2, 0.25) is 10.0 Å². The maximum atomic E-state index is 12.8. The molecule has 1 aliphatic heterocycles. The lowest BCUT2D eigenvalue weighted by Gasteiger charge is -2.22. The highest BCUT2D eigenvalue weighted by molar-refractivity contribution is 7.89. The average Bonchev–Trinajstić information content (AvgIpc) is 3.07. The van der Waals surface area contributed by atoms with Crippen molar-refractivity contribution in [3.63, 3.8) is 0 Å². The third-order valence-electron chi connectivity index (χ3n) is 3.48. The van der Waals surface area contributed by atoms with Crippen molar-refractivity contribution in [1.29, 1.82) is 0 Å². The van der Waals surface area contributed by atoms with Crippen molar-refractivity contribution >= 4 is 21.6 Å². The molecule has 3 rings (SSSR count). The van der Waals surface area contributed by atoms with Crippen LogP contribution in [-0.4, -0.2) is 29.4 Å². The number of halogens is 1. The molecule has 0 radical (unpaired) electrons. The molecule has 0 spiro atoms. The fourth-order valence-electron chi connectivity index (χ4n) is 2.53. The zero-order chi connectivity index (χ0) is 15.0. The summed E-state index contributed by atoms with van der Waals surface area (Å²) in [5, 5.41) is 3.99. The molecule has 0 amide bonds. The molecule has 1 aliphatic rings. The fourth-order valence-corrected chi connectivity index (χ4v) is 4.45. The van der Waals surface area contributed by atoms with E-state index in [0.717, 1.165) is 12.1 Å². The lowest BCUT2D eigenvalue weighted by Crippen LogP contribution is -2.30. The molecule has 1 unspecified atom stereocenters. The minimum Gasteiger partial charge on any atom is -0.359 e. The second kappa shape index (κ2) is 5.40. The Kier molecular flexibility index (Phi) is 3.73. The van der Waals surface area contributed by atoms with Gasteiger partial charge in [-0.15, -0.1) is 0 Å². The third-order valence-corrected chi connectivity index (χ3v) is 5.59. The molecule has 0 aliphatic carbocycles. The van der Waals surface area contributed by atoms with Crippen molar-refractivity contribution in [2.75, 3.05) is 6.54 Å². The van der Waals surface area contributed by atoms with Crippen LogP contribution in [-0.2, 0) is 10.0 Å². The van der Waals surface area contributed by atoms with E-state index in [-0.39, 0.29) is 16.1 Å². The van der Waals surface area contributed by atoms with Crippen molar-refractivity contribution in [3.05, 3.63) is 41.0 Å². The van der Waals surface area contributed by atoms with Gasteiger partial charge in [0, 0.05) is 18.8 Å². The summed E-state index contributed by atoms with van der Waals surface area (Å²) >= 11 is 5.79. The lowest BCUT2D eigenvalue weighted by atomic mass is 10.2. The molecular weight excluding hydrogens is 314 g/mol. The van der Waals surface area contributed by atoms with Gasteiger partial charge in [-0.1, -0.05) is 16.8 Å². The van der Waals surface area contributed by atoms with Gasteiger partial charge < -0.3 is 4.52 Å². The van der Waals surface area contributed by atoms with E-state index < -0.39 is 10.0 Å². The van der Waals surface area contributed by atoms with Crippen LogP contribution in [0.5, 0.6) is 0 Å². The zero-order valence-corrected chi connectivity index (χ0v) is 12.9. The van der Waals surface area contributed by atoms with Gasteiger partial charge in [0.15, 0.2) is 5.76 Å². The van der Waals surface area contributed by atoms with Crippen LogP contribution >= 0.6 is 11.6 Å². The van der Waals surface area contributed by atoms with Gasteiger partial charge in [0.05, 0.1) is 16.6 Å². The third kappa shape index (κ3) is 2.68. The molecule has 1 saturated heterocycles. The number of hydrogen-bond donors (Lipinski definition) is 0. The summed E-state index contributed by atoms with van der Waals surface area (Å²) in [5.74, 6) is 0.578. The van der Waals surface area contributed by atoms with Crippen molar-refractivity contribution in [2.45, 2.75) is 30.7 Å². The summed E-state index contributed by atoms with van der Waals surface area (Å²) in [6.07, 6.45) is 2.88. The van der Waals surface area contributed by atoms with Crippen LogP contribution in [0.2, 0.25) is 5.15 Å². The van der Waals surface area contributed by atoms with Gasteiger partial charge in [-0.05, 0) is 31.9 Å². The summed E-state index contributed by atoms with van der Waals surface area (Å²) < 4.78 is 32.2. The molecule has 1 atom stereocenters. The zero-order valence-electron chi connectivity index (χ0n) is 11.4. The topological polar surface area (TPSA) is 76.3 Å².